The summed E-state index contributed by atoms with van der Waals surface area (Å²) >= 11 is 6.08. The third-order valence-corrected chi connectivity index (χ3v) is 4.84. The predicted octanol–water partition coefficient (Wildman–Crippen LogP) is 2.06. The minimum Gasteiger partial charge on any atom is -0.469 e. The first-order valence-electron chi connectivity index (χ1n) is 6.75. The Morgan fingerprint density at radius 2 is 2.15 bits per heavy atom. The van der Waals surface area contributed by atoms with Crippen molar-refractivity contribution in [1.29, 1.82) is 0 Å². The highest BCUT2D eigenvalue weighted by Crippen LogP contribution is 2.44. The van der Waals surface area contributed by atoms with E-state index in [1.165, 1.54) is 7.11 Å². The van der Waals surface area contributed by atoms with E-state index in [1.54, 1.807) is 6.92 Å². The summed E-state index contributed by atoms with van der Waals surface area (Å²) in [6.45, 7) is 3.70. The molecule has 0 aromatic heterocycles. The molecule has 0 aromatic carbocycles. The molecule has 2 aliphatic carbocycles. The number of rotatable bonds is 2. The van der Waals surface area contributed by atoms with Crippen molar-refractivity contribution in [2.75, 3.05) is 7.11 Å². The summed E-state index contributed by atoms with van der Waals surface area (Å²) < 4.78 is 4.74. The molecule has 0 aliphatic heterocycles. The number of aliphatic hydroxyl groups excluding tert-OH is 1. The van der Waals surface area contributed by atoms with Crippen molar-refractivity contribution in [2.24, 2.45) is 23.7 Å². The maximum absolute atomic E-state index is 11.8. The van der Waals surface area contributed by atoms with Crippen molar-refractivity contribution in [3.8, 4) is 0 Å². The van der Waals surface area contributed by atoms with Gasteiger partial charge in [0, 0.05) is 12.3 Å². The number of carbonyl (C=O) groups excluding carboxylic acids is 2. The van der Waals surface area contributed by atoms with E-state index in [2.05, 4.69) is 0 Å². The summed E-state index contributed by atoms with van der Waals surface area (Å²) in [4.78, 5) is 23.5. The Bertz CT molecular complexity index is 494. The number of hydrogen-bond donors (Lipinski definition) is 1. The molecule has 5 atom stereocenters. The van der Waals surface area contributed by atoms with E-state index in [1.807, 2.05) is 19.1 Å². The average Bonchev–Trinajstić information content (AvgIpc) is 2.66. The van der Waals surface area contributed by atoms with Gasteiger partial charge in [-0.25, -0.2) is 0 Å². The smallest absolute Gasteiger partial charge is 0.309 e. The lowest BCUT2D eigenvalue weighted by molar-refractivity contribution is -0.147. The van der Waals surface area contributed by atoms with Gasteiger partial charge in [-0.15, -0.1) is 0 Å². The van der Waals surface area contributed by atoms with E-state index >= 15 is 0 Å². The predicted molar refractivity (Wildman–Crippen MR) is 75.0 cm³/mol. The van der Waals surface area contributed by atoms with Gasteiger partial charge in [-0.2, -0.15) is 0 Å². The molecular weight excluding hydrogens is 280 g/mol. The molecule has 20 heavy (non-hydrogen) atoms. The van der Waals surface area contributed by atoms with E-state index in [9.17, 15) is 14.7 Å². The molecule has 0 heterocycles. The number of allylic oxidation sites excluding steroid dienone is 2. The fourth-order valence-electron chi connectivity index (χ4n) is 3.07. The Labute approximate surface area is 123 Å². The van der Waals surface area contributed by atoms with Crippen LogP contribution in [0.2, 0.25) is 0 Å². The molecule has 5 heteroatoms. The van der Waals surface area contributed by atoms with Gasteiger partial charge in [0.05, 0.1) is 24.2 Å². The summed E-state index contributed by atoms with van der Waals surface area (Å²) in [6, 6.07) is 0. The molecule has 110 valence electrons. The van der Waals surface area contributed by atoms with Crippen LogP contribution in [-0.2, 0) is 14.3 Å². The van der Waals surface area contributed by atoms with Crippen LogP contribution in [0.15, 0.2) is 22.8 Å². The SMILES string of the molecule is COC(=O)[C@H](C)[C@@H]1C=C[C@H](C)[C@H]2CC(=O)C(Cl)=C2[C@H]1O. The van der Waals surface area contributed by atoms with Crippen molar-refractivity contribution in [3.05, 3.63) is 22.8 Å². The van der Waals surface area contributed by atoms with Gasteiger partial charge in [0.15, 0.2) is 5.78 Å². The van der Waals surface area contributed by atoms with Crippen molar-refractivity contribution < 1.29 is 19.4 Å². The van der Waals surface area contributed by atoms with Crippen molar-refractivity contribution in [1.82, 2.24) is 0 Å². The number of halogens is 1. The molecule has 0 aromatic rings. The third kappa shape index (κ3) is 2.42. The van der Waals surface area contributed by atoms with Gasteiger partial charge in [0.2, 0.25) is 0 Å². The minimum atomic E-state index is -0.922. The Balaban J connectivity index is 2.39. The molecule has 0 saturated carbocycles. The summed E-state index contributed by atoms with van der Waals surface area (Å²) in [5, 5.41) is 10.7. The molecular formula is C15H19ClO4. The van der Waals surface area contributed by atoms with E-state index < -0.39 is 17.9 Å². The number of aliphatic hydroxyl groups is 1. The lowest BCUT2D eigenvalue weighted by Crippen LogP contribution is -2.32. The normalized spacial score (nSPS) is 34.8. The van der Waals surface area contributed by atoms with E-state index in [-0.39, 0.29) is 28.6 Å². The van der Waals surface area contributed by atoms with Crippen LogP contribution in [0, 0.1) is 23.7 Å². The summed E-state index contributed by atoms with van der Waals surface area (Å²) in [5.41, 5.74) is 0.579. The molecule has 0 spiro atoms. The number of hydrogen-bond acceptors (Lipinski definition) is 4. The molecule has 2 rings (SSSR count). The highest BCUT2D eigenvalue weighted by atomic mass is 35.5. The van der Waals surface area contributed by atoms with Gasteiger partial charge in [0.1, 0.15) is 0 Å². The zero-order valence-corrected chi connectivity index (χ0v) is 12.6. The Kier molecular flexibility index (Phi) is 4.35. The Hall–Kier alpha value is -1.13. The topological polar surface area (TPSA) is 63.6 Å². The Morgan fingerprint density at radius 3 is 2.75 bits per heavy atom. The summed E-state index contributed by atoms with van der Waals surface area (Å²) in [6.07, 6.45) is 3.20. The molecule has 2 aliphatic rings. The fourth-order valence-corrected chi connectivity index (χ4v) is 3.40. The van der Waals surface area contributed by atoms with E-state index in [0.29, 0.717) is 12.0 Å². The van der Waals surface area contributed by atoms with Crippen LogP contribution < -0.4 is 0 Å². The second-order valence-electron chi connectivity index (χ2n) is 5.58. The number of carbonyl (C=O) groups is 2. The molecule has 4 nitrogen and oxygen atoms in total. The van der Waals surface area contributed by atoms with Crippen LogP contribution in [0.3, 0.4) is 0 Å². The number of Topliss-reactive ketones (excluding diaryl/α,β-unsaturated/α-hetero) is 1. The highest BCUT2D eigenvalue weighted by molar-refractivity contribution is 6.43. The number of ether oxygens (including phenoxy) is 1. The van der Waals surface area contributed by atoms with Gasteiger partial charge in [0.25, 0.3) is 0 Å². The first kappa shape index (κ1) is 15.3. The van der Waals surface area contributed by atoms with Gasteiger partial charge in [-0.3, -0.25) is 9.59 Å². The Morgan fingerprint density at radius 1 is 1.50 bits per heavy atom. The van der Waals surface area contributed by atoms with Crippen LogP contribution in [0.5, 0.6) is 0 Å². The van der Waals surface area contributed by atoms with E-state index in [4.69, 9.17) is 16.3 Å². The zero-order valence-electron chi connectivity index (χ0n) is 11.8. The number of methoxy groups -OCH3 is 1. The maximum Gasteiger partial charge on any atom is 0.309 e. The molecule has 0 unspecified atom stereocenters. The summed E-state index contributed by atoms with van der Waals surface area (Å²) in [5.74, 6) is -1.40. The molecule has 0 bridgehead atoms. The van der Waals surface area contributed by atoms with Crippen molar-refractivity contribution in [2.45, 2.75) is 26.4 Å². The van der Waals surface area contributed by atoms with Crippen LogP contribution in [-0.4, -0.2) is 30.1 Å². The van der Waals surface area contributed by atoms with E-state index in [0.717, 1.165) is 0 Å². The minimum absolute atomic E-state index is 0.0731. The molecule has 0 amide bonds. The fraction of sp³-hybridized carbons (Fsp3) is 0.600. The standard InChI is InChI=1S/C15H19ClO4/c1-7-4-5-9(8(2)15(19)20-3)14(18)12-10(7)6-11(17)13(12)16/h4-5,7-10,14,18H,6H2,1-3H3/t7-,8+,9-,10+,14-/m0/s1. The average molecular weight is 299 g/mol. The van der Waals surface area contributed by atoms with Crippen LogP contribution in [0.4, 0.5) is 0 Å². The first-order valence-corrected chi connectivity index (χ1v) is 7.13. The third-order valence-electron chi connectivity index (χ3n) is 4.41. The highest BCUT2D eigenvalue weighted by Gasteiger charge is 2.43. The molecule has 0 saturated heterocycles. The monoisotopic (exact) mass is 298 g/mol. The molecule has 1 N–H and O–H groups in total. The van der Waals surface area contributed by atoms with Gasteiger partial charge in [-0.1, -0.05) is 37.6 Å². The van der Waals surface area contributed by atoms with Gasteiger partial charge >= 0.3 is 5.97 Å². The van der Waals surface area contributed by atoms with Crippen LogP contribution >= 0.6 is 11.6 Å². The number of fused-ring (bicyclic) bond motifs is 1. The number of ketones is 1. The van der Waals surface area contributed by atoms with Crippen molar-refractivity contribution >= 4 is 23.4 Å². The maximum atomic E-state index is 11.8. The zero-order chi connectivity index (χ0) is 15.0. The first-order chi connectivity index (χ1) is 9.38. The summed E-state index contributed by atoms with van der Waals surface area (Å²) in [7, 11) is 1.32. The lowest BCUT2D eigenvalue weighted by atomic mass is 9.82. The van der Waals surface area contributed by atoms with Gasteiger partial charge in [-0.05, 0) is 17.4 Å². The van der Waals surface area contributed by atoms with Gasteiger partial charge < -0.3 is 9.84 Å². The molecule has 0 radical (unpaired) electrons. The second kappa shape index (κ2) is 5.70. The van der Waals surface area contributed by atoms with Crippen molar-refractivity contribution in [3.63, 3.8) is 0 Å². The largest absolute Gasteiger partial charge is 0.469 e. The lowest BCUT2D eigenvalue weighted by Gasteiger charge is -2.26. The quantitative estimate of drug-likeness (QED) is 0.626. The second-order valence-corrected chi connectivity index (χ2v) is 5.96. The molecule has 0 fully saturated rings. The van der Waals surface area contributed by atoms with Crippen LogP contribution in [0.1, 0.15) is 20.3 Å². The van der Waals surface area contributed by atoms with Crippen LogP contribution in [0.25, 0.3) is 0 Å². The number of esters is 1.